The van der Waals surface area contributed by atoms with Crippen molar-refractivity contribution in [3.63, 3.8) is 0 Å². The number of amides is 1. The first-order chi connectivity index (χ1) is 7.34. The van der Waals surface area contributed by atoms with E-state index in [4.69, 9.17) is 0 Å². The topological polar surface area (TPSA) is 34.0 Å². The molecule has 2 heterocycles. The van der Waals surface area contributed by atoms with Crippen molar-refractivity contribution in [1.29, 1.82) is 0 Å². The van der Waals surface area contributed by atoms with Gasteiger partial charge in [0.05, 0.1) is 6.42 Å². The summed E-state index contributed by atoms with van der Waals surface area (Å²) < 4.78 is 2.23. The predicted octanol–water partition coefficient (Wildman–Crippen LogP) is 1.31. The Hall–Kier alpha value is -1.77. The average molecular weight is 200 g/mol. The van der Waals surface area contributed by atoms with Crippen molar-refractivity contribution in [2.45, 2.75) is 13.0 Å². The van der Waals surface area contributed by atoms with Crippen molar-refractivity contribution in [2.75, 3.05) is 6.54 Å². The number of aromatic nitrogens is 1. The van der Waals surface area contributed by atoms with Crippen LogP contribution in [0.4, 0.5) is 0 Å². The summed E-state index contributed by atoms with van der Waals surface area (Å²) in [5.41, 5.74) is 2.34. The molecule has 0 saturated heterocycles. The van der Waals surface area contributed by atoms with Crippen molar-refractivity contribution < 1.29 is 4.79 Å². The molecule has 0 bridgehead atoms. The number of hydrogen-bond acceptors (Lipinski definition) is 1. The van der Waals surface area contributed by atoms with E-state index >= 15 is 0 Å². The van der Waals surface area contributed by atoms with Crippen molar-refractivity contribution >= 4 is 16.8 Å². The average Bonchev–Trinajstić information content (AvgIpc) is 2.46. The predicted molar refractivity (Wildman–Crippen MR) is 58.7 cm³/mol. The maximum Gasteiger partial charge on any atom is 0.225 e. The van der Waals surface area contributed by atoms with Crippen molar-refractivity contribution in [2.24, 2.45) is 0 Å². The number of hydrogen-bond donors (Lipinski definition) is 1. The van der Waals surface area contributed by atoms with E-state index in [9.17, 15) is 4.79 Å². The van der Waals surface area contributed by atoms with Gasteiger partial charge in [0.15, 0.2) is 0 Å². The van der Waals surface area contributed by atoms with Crippen LogP contribution in [0.2, 0.25) is 0 Å². The number of fused-ring (bicyclic) bond motifs is 3. The Balaban J connectivity index is 2.23. The number of nitrogens with one attached hydrogen (secondary N) is 1. The third kappa shape index (κ3) is 1.31. The molecule has 2 aromatic rings. The molecule has 3 heteroatoms. The fourth-order valence-corrected chi connectivity index (χ4v) is 2.21. The SMILES string of the molecule is O=C1Cc2cc3ccccc3n2CCN1. The molecule has 0 saturated carbocycles. The van der Waals surface area contributed by atoms with Gasteiger partial charge < -0.3 is 9.88 Å². The van der Waals surface area contributed by atoms with Crippen LogP contribution in [0.5, 0.6) is 0 Å². The molecular weight excluding hydrogens is 188 g/mol. The highest BCUT2D eigenvalue weighted by molar-refractivity contribution is 5.85. The molecule has 0 radical (unpaired) electrons. The Bertz CT molecular complexity index is 527. The first-order valence-corrected chi connectivity index (χ1v) is 5.18. The first-order valence-electron chi connectivity index (χ1n) is 5.18. The van der Waals surface area contributed by atoms with Crippen LogP contribution in [-0.4, -0.2) is 17.0 Å². The van der Waals surface area contributed by atoms with Gasteiger partial charge in [0.25, 0.3) is 0 Å². The van der Waals surface area contributed by atoms with Crippen LogP contribution in [0.15, 0.2) is 30.3 Å². The Morgan fingerprint density at radius 2 is 2.13 bits per heavy atom. The van der Waals surface area contributed by atoms with E-state index in [-0.39, 0.29) is 5.91 Å². The van der Waals surface area contributed by atoms with E-state index < -0.39 is 0 Å². The van der Waals surface area contributed by atoms with Crippen LogP contribution in [0.1, 0.15) is 5.69 Å². The Morgan fingerprint density at radius 3 is 3.07 bits per heavy atom. The van der Waals surface area contributed by atoms with E-state index in [1.807, 2.05) is 12.1 Å². The van der Waals surface area contributed by atoms with Crippen molar-refractivity contribution in [3.8, 4) is 0 Å². The highest BCUT2D eigenvalue weighted by Crippen LogP contribution is 2.20. The largest absolute Gasteiger partial charge is 0.354 e. The molecule has 1 aliphatic rings. The van der Waals surface area contributed by atoms with Crippen LogP contribution in [-0.2, 0) is 17.8 Å². The van der Waals surface area contributed by atoms with E-state index in [1.165, 1.54) is 10.9 Å². The molecule has 1 aromatic carbocycles. The van der Waals surface area contributed by atoms with E-state index in [2.05, 4.69) is 28.1 Å². The van der Waals surface area contributed by atoms with E-state index in [1.54, 1.807) is 0 Å². The van der Waals surface area contributed by atoms with Crippen LogP contribution >= 0.6 is 0 Å². The molecule has 1 amide bonds. The van der Waals surface area contributed by atoms with Gasteiger partial charge in [0.1, 0.15) is 0 Å². The summed E-state index contributed by atoms with van der Waals surface area (Å²) in [5.74, 6) is 0.122. The standard InChI is InChI=1S/C12H12N2O/c15-12-8-10-7-9-3-1-2-4-11(9)14(10)6-5-13-12/h1-4,7H,5-6,8H2,(H,13,15). The summed E-state index contributed by atoms with van der Waals surface area (Å²) in [5, 5.41) is 4.11. The van der Waals surface area contributed by atoms with Gasteiger partial charge in [-0.05, 0) is 17.5 Å². The molecular formula is C12H12N2O. The molecule has 1 N–H and O–H groups in total. The van der Waals surface area contributed by atoms with Gasteiger partial charge in [-0.25, -0.2) is 0 Å². The second-order valence-corrected chi connectivity index (χ2v) is 3.87. The van der Waals surface area contributed by atoms with Crippen LogP contribution in [0.3, 0.4) is 0 Å². The molecule has 1 aliphatic heterocycles. The molecule has 15 heavy (non-hydrogen) atoms. The minimum Gasteiger partial charge on any atom is -0.354 e. The fourth-order valence-electron chi connectivity index (χ4n) is 2.21. The summed E-state index contributed by atoms with van der Waals surface area (Å²) in [4.78, 5) is 11.4. The van der Waals surface area contributed by atoms with Gasteiger partial charge in [-0.3, -0.25) is 4.79 Å². The highest BCUT2D eigenvalue weighted by atomic mass is 16.1. The normalized spacial score (nSPS) is 15.9. The first kappa shape index (κ1) is 8.53. The summed E-state index contributed by atoms with van der Waals surface area (Å²) in [7, 11) is 0. The second-order valence-electron chi connectivity index (χ2n) is 3.87. The Kier molecular flexibility index (Phi) is 1.78. The zero-order valence-corrected chi connectivity index (χ0v) is 8.36. The number of rotatable bonds is 0. The monoisotopic (exact) mass is 200 g/mol. The van der Waals surface area contributed by atoms with Gasteiger partial charge in [-0.1, -0.05) is 18.2 Å². The Labute approximate surface area is 87.7 Å². The molecule has 3 nitrogen and oxygen atoms in total. The number of carbonyl (C=O) groups excluding carboxylic acids is 1. The molecule has 0 aliphatic carbocycles. The molecule has 76 valence electrons. The summed E-state index contributed by atoms with van der Waals surface area (Å²) in [6.45, 7) is 1.60. The van der Waals surface area contributed by atoms with Gasteiger partial charge in [-0.15, -0.1) is 0 Å². The third-order valence-electron chi connectivity index (χ3n) is 2.90. The maximum absolute atomic E-state index is 11.4. The lowest BCUT2D eigenvalue weighted by Crippen LogP contribution is -2.24. The molecule has 0 fully saturated rings. The minimum atomic E-state index is 0.122. The van der Waals surface area contributed by atoms with Gasteiger partial charge in [0.2, 0.25) is 5.91 Å². The third-order valence-corrected chi connectivity index (χ3v) is 2.90. The van der Waals surface area contributed by atoms with Gasteiger partial charge in [0, 0.05) is 24.3 Å². The molecule has 0 spiro atoms. The molecule has 1 aromatic heterocycles. The van der Waals surface area contributed by atoms with Crippen molar-refractivity contribution in [1.82, 2.24) is 9.88 Å². The number of benzene rings is 1. The lowest BCUT2D eigenvalue weighted by molar-refractivity contribution is -0.120. The summed E-state index contributed by atoms with van der Waals surface area (Å²) in [6, 6.07) is 10.4. The van der Waals surface area contributed by atoms with Gasteiger partial charge >= 0.3 is 0 Å². The zero-order chi connectivity index (χ0) is 10.3. The van der Waals surface area contributed by atoms with Crippen LogP contribution < -0.4 is 5.32 Å². The smallest absolute Gasteiger partial charge is 0.225 e. The summed E-state index contributed by atoms with van der Waals surface area (Å²) >= 11 is 0. The van der Waals surface area contributed by atoms with Gasteiger partial charge in [-0.2, -0.15) is 0 Å². The minimum absolute atomic E-state index is 0.122. The van der Waals surface area contributed by atoms with E-state index in [0.29, 0.717) is 6.42 Å². The van der Waals surface area contributed by atoms with Crippen molar-refractivity contribution in [3.05, 3.63) is 36.0 Å². The lowest BCUT2D eigenvalue weighted by atomic mass is 10.2. The molecule has 0 atom stereocenters. The second kappa shape index (κ2) is 3.12. The van der Waals surface area contributed by atoms with Crippen LogP contribution in [0.25, 0.3) is 10.9 Å². The fraction of sp³-hybridized carbons (Fsp3) is 0.250. The highest BCUT2D eigenvalue weighted by Gasteiger charge is 2.14. The van der Waals surface area contributed by atoms with E-state index in [0.717, 1.165) is 18.8 Å². The summed E-state index contributed by atoms with van der Waals surface area (Å²) in [6.07, 6.45) is 0.495. The molecule has 0 unspecified atom stereocenters. The van der Waals surface area contributed by atoms with Crippen LogP contribution in [0, 0.1) is 0 Å². The number of nitrogens with zero attached hydrogens (tertiary/aromatic N) is 1. The zero-order valence-electron chi connectivity index (χ0n) is 8.36. The number of carbonyl (C=O) groups is 1. The molecule has 3 rings (SSSR count). The Morgan fingerprint density at radius 1 is 1.27 bits per heavy atom. The quantitative estimate of drug-likeness (QED) is 0.683. The lowest BCUT2D eigenvalue weighted by Gasteiger charge is -2.04. The number of para-hydroxylation sites is 1. The maximum atomic E-state index is 11.4.